The summed E-state index contributed by atoms with van der Waals surface area (Å²) in [6.07, 6.45) is 2.26. The molecule has 0 N–H and O–H groups in total. The van der Waals surface area contributed by atoms with Gasteiger partial charge in [-0.15, -0.1) is 0 Å². The predicted octanol–water partition coefficient (Wildman–Crippen LogP) is 4.80. The quantitative estimate of drug-likeness (QED) is 0.578. The highest BCUT2D eigenvalue weighted by molar-refractivity contribution is 7.92. The van der Waals surface area contributed by atoms with Crippen LogP contribution in [0.25, 0.3) is 11.3 Å². The van der Waals surface area contributed by atoms with Crippen LogP contribution in [0.15, 0.2) is 64.1 Å². The third-order valence-electron chi connectivity index (χ3n) is 5.45. The van der Waals surface area contributed by atoms with E-state index in [0.717, 1.165) is 5.56 Å². The van der Waals surface area contributed by atoms with E-state index >= 15 is 0 Å². The van der Waals surface area contributed by atoms with E-state index in [1.165, 1.54) is 0 Å². The highest BCUT2D eigenvalue weighted by Gasteiger charge is 2.32. The van der Waals surface area contributed by atoms with Gasteiger partial charge in [0.1, 0.15) is 23.2 Å². The highest BCUT2D eigenvalue weighted by Crippen LogP contribution is 2.28. The zero-order valence-electron chi connectivity index (χ0n) is 16.0. The first kappa shape index (κ1) is 20.7. The smallest absolute Gasteiger partial charge is 0.181 e. The molecule has 0 saturated carbocycles. The van der Waals surface area contributed by atoms with Gasteiger partial charge in [0, 0.05) is 29.8 Å². The summed E-state index contributed by atoms with van der Waals surface area (Å²) in [5.41, 5.74) is 0.586. The molecule has 0 spiro atoms. The van der Waals surface area contributed by atoms with Gasteiger partial charge in [0.25, 0.3) is 0 Å². The molecule has 4 rings (SSSR count). The van der Waals surface area contributed by atoms with Crippen LogP contribution in [0.5, 0.6) is 0 Å². The second kappa shape index (κ2) is 8.28. The first-order valence-electron chi connectivity index (χ1n) is 9.58. The van der Waals surface area contributed by atoms with E-state index in [-0.39, 0.29) is 17.0 Å². The number of hydrogen-bond acceptors (Lipinski definition) is 4. The van der Waals surface area contributed by atoms with Gasteiger partial charge in [-0.2, -0.15) is 0 Å². The fourth-order valence-electron chi connectivity index (χ4n) is 3.77. The second-order valence-corrected chi connectivity index (χ2v) is 9.60. The van der Waals surface area contributed by atoms with Crippen molar-refractivity contribution in [1.29, 1.82) is 0 Å². The maximum Gasteiger partial charge on any atom is 0.181 e. The molecular formula is C22H20F3NO3S. The van der Waals surface area contributed by atoms with Crippen LogP contribution in [0.3, 0.4) is 0 Å². The molecule has 0 radical (unpaired) electrons. The van der Waals surface area contributed by atoms with Gasteiger partial charge in [0.05, 0.1) is 16.4 Å². The van der Waals surface area contributed by atoms with Gasteiger partial charge in [-0.1, -0.05) is 0 Å². The largest absolute Gasteiger partial charge is 0.464 e. The number of rotatable bonds is 5. The van der Waals surface area contributed by atoms with Crippen molar-refractivity contribution < 1.29 is 26.0 Å². The SMILES string of the molecule is O=S(=O)(c1ccc(-c2ccco2)cc1)C1CCN(Cc2c(F)cc(F)cc2F)CC1. The van der Waals surface area contributed by atoms with Gasteiger partial charge in [-0.3, -0.25) is 4.90 Å². The average Bonchev–Trinajstić information content (AvgIpc) is 3.26. The summed E-state index contributed by atoms with van der Waals surface area (Å²) in [5, 5.41) is -0.564. The Bertz CT molecular complexity index is 1100. The number of hydrogen-bond donors (Lipinski definition) is 0. The van der Waals surface area contributed by atoms with Crippen LogP contribution >= 0.6 is 0 Å². The molecular weight excluding hydrogens is 415 g/mol. The van der Waals surface area contributed by atoms with Crippen molar-refractivity contribution in [2.24, 2.45) is 0 Å². The summed E-state index contributed by atoms with van der Waals surface area (Å²) in [5.74, 6) is -2.16. The van der Waals surface area contributed by atoms with Crippen molar-refractivity contribution in [2.75, 3.05) is 13.1 Å². The zero-order chi connectivity index (χ0) is 21.3. The molecule has 1 aliphatic rings. The van der Waals surface area contributed by atoms with Crippen molar-refractivity contribution in [3.63, 3.8) is 0 Å². The Morgan fingerprint density at radius 2 is 1.60 bits per heavy atom. The van der Waals surface area contributed by atoms with Gasteiger partial charge >= 0.3 is 0 Å². The van der Waals surface area contributed by atoms with E-state index in [9.17, 15) is 21.6 Å². The van der Waals surface area contributed by atoms with Crippen LogP contribution in [-0.2, 0) is 16.4 Å². The first-order chi connectivity index (χ1) is 14.3. The second-order valence-electron chi connectivity index (χ2n) is 7.37. The Kier molecular flexibility index (Phi) is 5.71. The van der Waals surface area contributed by atoms with Crippen LogP contribution in [-0.4, -0.2) is 31.7 Å². The molecule has 8 heteroatoms. The van der Waals surface area contributed by atoms with Crippen molar-refractivity contribution >= 4 is 9.84 Å². The maximum absolute atomic E-state index is 13.9. The van der Waals surface area contributed by atoms with Crippen LogP contribution in [0, 0.1) is 17.5 Å². The standard InChI is InChI=1S/C22H20F3NO3S/c23-16-12-20(24)19(21(25)13-16)14-26-9-7-18(8-10-26)30(27,28)17-5-3-15(4-6-17)22-2-1-11-29-22/h1-6,11-13,18H,7-10,14H2. The molecule has 0 bridgehead atoms. The number of benzene rings is 2. The van der Waals surface area contributed by atoms with Crippen LogP contribution in [0.2, 0.25) is 0 Å². The van der Waals surface area contributed by atoms with Crippen molar-refractivity contribution in [3.05, 3.63) is 77.8 Å². The molecule has 4 nitrogen and oxygen atoms in total. The molecule has 1 saturated heterocycles. The third kappa shape index (κ3) is 4.15. The van der Waals surface area contributed by atoms with E-state index in [1.807, 2.05) is 0 Å². The maximum atomic E-state index is 13.9. The molecule has 0 unspecified atom stereocenters. The minimum absolute atomic E-state index is 0.0252. The molecule has 158 valence electrons. The number of furan rings is 1. The van der Waals surface area contributed by atoms with Crippen molar-refractivity contribution in [1.82, 2.24) is 4.90 Å². The monoisotopic (exact) mass is 435 g/mol. The molecule has 2 heterocycles. The summed E-state index contributed by atoms with van der Waals surface area (Å²) in [6.45, 7) is 0.734. The summed E-state index contributed by atoms with van der Waals surface area (Å²) < 4.78 is 72.1. The van der Waals surface area contributed by atoms with Gasteiger partial charge in [-0.25, -0.2) is 21.6 Å². The lowest BCUT2D eigenvalue weighted by molar-refractivity contribution is 0.216. The van der Waals surface area contributed by atoms with E-state index in [2.05, 4.69) is 0 Å². The fraction of sp³-hybridized carbons (Fsp3) is 0.273. The lowest BCUT2D eigenvalue weighted by Gasteiger charge is -2.31. The molecule has 2 aromatic carbocycles. The van der Waals surface area contributed by atoms with Crippen LogP contribution in [0.4, 0.5) is 13.2 Å². The Balaban J connectivity index is 1.42. The van der Waals surface area contributed by atoms with Gasteiger partial charge in [0.2, 0.25) is 0 Å². The highest BCUT2D eigenvalue weighted by atomic mass is 32.2. The number of halogens is 3. The number of sulfone groups is 1. The Morgan fingerprint density at radius 3 is 2.17 bits per heavy atom. The number of nitrogens with zero attached hydrogens (tertiary/aromatic N) is 1. The van der Waals surface area contributed by atoms with E-state index in [1.54, 1.807) is 47.6 Å². The molecule has 0 atom stereocenters. The Hall–Kier alpha value is -2.58. The molecule has 0 amide bonds. The normalized spacial score (nSPS) is 16.1. The lowest BCUT2D eigenvalue weighted by Crippen LogP contribution is -2.39. The zero-order valence-corrected chi connectivity index (χ0v) is 16.8. The summed E-state index contributed by atoms with van der Waals surface area (Å²) >= 11 is 0. The fourth-order valence-corrected chi connectivity index (χ4v) is 5.50. The Morgan fingerprint density at radius 1 is 0.967 bits per heavy atom. The number of piperidine rings is 1. The molecule has 0 aliphatic carbocycles. The first-order valence-corrected chi connectivity index (χ1v) is 11.1. The lowest BCUT2D eigenvalue weighted by atomic mass is 10.1. The average molecular weight is 435 g/mol. The van der Waals surface area contributed by atoms with E-state index in [4.69, 9.17) is 4.42 Å². The molecule has 1 fully saturated rings. The topological polar surface area (TPSA) is 50.5 Å². The van der Waals surface area contributed by atoms with Crippen molar-refractivity contribution in [3.8, 4) is 11.3 Å². The Labute approximate surface area is 172 Å². The molecule has 30 heavy (non-hydrogen) atoms. The predicted molar refractivity (Wildman–Crippen MR) is 106 cm³/mol. The third-order valence-corrected chi connectivity index (χ3v) is 7.73. The van der Waals surface area contributed by atoms with Crippen molar-refractivity contribution in [2.45, 2.75) is 29.5 Å². The molecule has 1 aliphatic heterocycles. The summed E-state index contributed by atoms with van der Waals surface area (Å²) in [7, 11) is -3.52. The summed E-state index contributed by atoms with van der Waals surface area (Å²) in [4.78, 5) is 2.03. The summed E-state index contributed by atoms with van der Waals surface area (Å²) in [6, 6.07) is 11.4. The van der Waals surface area contributed by atoms with Gasteiger partial charge in [0.15, 0.2) is 9.84 Å². The minimum atomic E-state index is -3.52. The van der Waals surface area contributed by atoms with Gasteiger partial charge in [-0.05, 0) is 62.3 Å². The molecule has 1 aromatic heterocycles. The number of likely N-dealkylation sites (tertiary alicyclic amines) is 1. The minimum Gasteiger partial charge on any atom is -0.464 e. The van der Waals surface area contributed by atoms with E-state index in [0.29, 0.717) is 43.8 Å². The van der Waals surface area contributed by atoms with E-state index < -0.39 is 32.5 Å². The van der Waals surface area contributed by atoms with Crippen LogP contribution in [0.1, 0.15) is 18.4 Å². The van der Waals surface area contributed by atoms with Gasteiger partial charge < -0.3 is 4.42 Å². The van der Waals surface area contributed by atoms with Crippen LogP contribution < -0.4 is 0 Å². The molecule has 3 aromatic rings.